The predicted octanol–water partition coefficient (Wildman–Crippen LogP) is 5.13. The molecule has 2 aromatic carbocycles. The van der Waals surface area contributed by atoms with Gasteiger partial charge in [0.15, 0.2) is 0 Å². The van der Waals surface area contributed by atoms with E-state index in [0.717, 1.165) is 16.5 Å². The molecule has 3 N–H and O–H groups in total. The lowest BCUT2D eigenvalue weighted by Gasteiger charge is -2.43. The topological polar surface area (TPSA) is 54.5 Å². The zero-order chi connectivity index (χ0) is 26.3. The molecule has 1 saturated heterocycles. The molecule has 37 heavy (non-hydrogen) atoms. The molecule has 1 aromatic heterocycles. The molecular formula is C27H31ClF4N4O. The number of benzene rings is 2. The normalized spacial score (nSPS) is 22.6. The number of halogens is 5. The first-order chi connectivity index (χ1) is 17.7. The number of anilines is 1. The second kappa shape index (κ2) is 10.4. The second-order valence-corrected chi connectivity index (χ2v) is 10.9. The van der Waals surface area contributed by atoms with E-state index < -0.39 is 36.0 Å². The van der Waals surface area contributed by atoms with Gasteiger partial charge in [0, 0.05) is 53.5 Å². The summed E-state index contributed by atoms with van der Waals surface area (Å²) >= 11 is 5.92. The number of aromatic amines is 1. The summed E-state index contributed by atoms with van der Waals surface area (Å²) < 4.78 is 58.7. The zero-order valence-corrected chi connectivity index (χ0v) is 21.3. The van der Waals surface area contributed by atoms with E-state index in [1.54, 1.807) is 4.90 Å². The maximum atomic E-state index is 15.7. The van der Waals surface area contributed by atoms with E-state index in [1.807, 2.05) is 31.2 Å². The molecule has 0 aliphatic carbocycles. The lowest BCUT2D eigenvalue weighted by Crippen LogP contribution is -2.54. The van der Waals surface area contributed by atoms with E-state index in [-0.39, 0.29) is 24.3 Å². The Morgan fingerprint density at radius 1 is 1.19 bits per heavy atom. The minimum absolute atomic E-state index is 0.0173. The van der Waals surface area contributed by atoms with Crippen LogP contribution in [0, 0.1) is 11.6 Å². The van der Waals surface area contributed by atoms with Crippen molar-refractivity contribution in [2.75, 3.05) is 44.8 Å². The van der Waals surface area contributed by atoms with Gasteiger partial charge in [-0.2, -0.15) is 0 Å². The molecule has 3 unspecified atom stereocenters. The van der Waals surface area contributed by atoms with Gasteiger partial charge in [-0.15, -0.1) is 0 Å². The lowest BCUT2D eigenvalue weighted by atomic mass is 9.87. The molecule has 0 amide bonds. The van der Waals surface area contributed by atoms with Gasteiger partial charge in [-0.05, 0) is 43.5 Å². The Kier molecular flexibility index (Phi) is 7.42. The highest BCUT2D eigenvalue weighted by atomic mass is 35.5. The molecule has 0 bridgehead atoms. The van der Waals surface area contributed by atoms with Crippen LogP contribution in [0.15, 0.2) is 36.4 Å². The summed E-state index contributed by atoms with van der Waals surface area (Å²) in [4.78, 5) is 7.00. The van der Waals surface area contributed by atoms with Crippen LogP contribution in [0.5, 0.6) is 0 Å². The minimum atomic E-state index is -2.47. The van der Waals surface area contributed by atoms with Crippen LogP contribution in [0.1, 0.15) is 36.2 Å². The molecule has 3 atom stereocenters. The molecule has 2 aliphatic heterocycles. The van der Waals surface area contributed by atoms with Crippen molar-refractivity contribution in [2.45, 2.75) is 43.0 Å². The Morgan fingerprint density at radius 3 is 2.57 bits per heavy atom. The van der Waals surface area contributed by atoms with Gasteiger partial charge in [-0.3, -0.25) is 14.2 Å². The van der Waals surface area contributed by atoms with E-state index in [1.165, 1.54) is 12.1 Å². The fourth-order valence-corrected chi connectivity index (χ4v) is 5.81. The standard InChI is InChI=1S/C27H31ClF4N4O/c1-16-9-20-19-5-2-3-6-23(19)34-25(20)26(36(16)14-27(28,32)15-37)24-21(30)10-17(11-22(24)31)33-18-12-35(13-18)8-4-7-29/h2-3,5-6,10-11,16,18,26,33-34,37H,4,7-9,12-15H2,1H3. The number of rotatable bonds is 9. The highest BCUT2D eigenvalue weighted by molar-refractivity contribution is 6.23. The van der Waals surface area contributed by atoms with Crippen LogP contribution < -0.4 is 5.32 Å². The molecule has 2 aliphatic rings. The molecule has 0 spiro atoms. The number of hydrogen-bond donors (Lipinski definition) is 3. The minimum Gasteiger partial charge on any atom is -0.392 e. The first-order valence-electron chi connectivity index (χ1n) is 12.6. The smallest absolute Gasteiger partial charge is 0.218 e. The average Bonchev–Trinajstić information content (AvgIpc) is 3.19. The average molecular weight is 539 g/mol. The number of nitrogens with one attached hydrogen (secondary N) is 2. The van der Waals surface area contributed by atoms with Crippen molar-refractivity contribution in [3.8, 4) is 0 Å². The Hall–Kier alpha value is -2.33. The molecule has 3 aromatic rings. The van der Waals surface area contributed by atoms with Crippen molar-refractivity contribution in [3.63, 3.8) is 0 Å². The number of hydrogen-bond acceptors (Lipinski definition) is 4. The molecule has 0 radical (unpaired) electrons. The van der Waals surface area contributed by atoms with Crippen molar-refractivity contribution in [2.24, 2.45) is 0 Å². The van der Waals surface area contributed by atoms with Gasteiger partial charge in [0.2, 0.25) is 5.13 Å². The predicted molar refractivity (Wildman–Crippen MR) is 138 cm³/mol. The Balaban J connectivity index is 1.50. The van der Waals surface area contributed by atoms with Crippen molar-refractivity contribution >= 4 is 28.2 Å². The van der Waals surface area contributed by atoms with Gasteiger partial charge in [0.25, 0.3) is 0 Å². The van der Waals surface area contributed by atoms with Crippen LogP contribution in [-0.2, 0) is 6.42 Å². The van der Waals surface area contributed by atoms with Crippen molar-refractivity contribution in [1.82, 2.24) is 14.8 Å². The number of H-pyrrole nitrogens is 1. The first-order valence-corrected chi connectivity index (χ1v) is 13.0. The molecule has 5 nitrogen and oxygen atoms in total. The summed E-state index contributed by atoms with van der Waals surface area (Å²) in [5.74, 6) is -1.51. The third-order valence-electron chi connectivity index (χ3n) is 7.45. The SMILES string of the molecule is CC1Cc2c([nH]c3ccccc23)C(c2c(F)cc(NC3CN(CCCF)C3)cc2F)N1CC(F)(Cl)CO. The number of likely N-dealkylation sites (tertiary alicyclic amines) is 1. The van der Waals surface area contributed by atoms with Crippen LogP contribution in [-0.4, -0.2) is 76.6 Å². The van der Waals surface area contributed by atoms with Crippen molar-refractivity contribution < 1.29 is 22.7 Å². The van der Waals surface area contributed by atoms with E-state index in [0.29, 0.717) is 43.9 Å². The summed E-state index contributed by atoms with van der Waals surface area (Å²) in [5.41, 5.74) is 2.46. The number of aromatic nitrogens is 1. The largest absolute Gasteiger partial charge is 0.392 e. The summed E-state index contributed by atoms with van der Waals surface area (Å²) in [6, 6.07) is 8.88. The number of alkyl halides is 3. The Bertz CT molecular complexity index is 1240. The van der Waals surface area contributed by atoms with E-state index in [4.69, 9.17) is 11.6 Å². The van der Waals surface area contributed by atoms with Gasteiger partial charge in [0.1, 0.15) is 11.6 Å². The molecule has 3 heterocycles. The van der Waals surface area contributed by atoms with Gasteiger partial charge < -0.3 is 15.4 Å². The first kappa shape index (κ1) is 26.3. The van der Waals surface area contributed by atoms with E-state index in [9.17, 15) is 13.9 Å². The summed E-state index contributed by atoms with van der Waals surface area (Å²) in [5, 5.41) is 11.1. The third-order valence-corrected chi connectivity index (χ3v) is 7.69. The molecule has 10 heteroatoms. The Morgan fingerprint density at radius 2 is 1.89 bits per heavy atom. The van der Waals surface area contributed by atoms with Crippen LogP contribution in [0.25, 0.3) is 10.9 Å². The maximum Gasteiger partial charge on any atom is 0.218 e. The summed E-state index contributed by atoms with van der Waals surface area (Å²) in [7, 11) is 0. The molecule has 1 fully saturated rings. The molecular weight excluding hydrogens is 508 g/mol. The highest BCUT2D eigenvalue weighted by Crippen LogP contribution is 2.44. The second-order valence-electron chi connectivity index (χ2n) is 10.2. The van der Waals surface area contributed by atoms with E-state index in [2.05, 4.69) is 15.2 Å². The third kappa shape index (κ3) is 5.19. The van der Waals surface area contributed by atoms with Gasteiger partial charge in [-0.1, -0.05) is 29.8 Å². The zero-order valence-electron chi connectivity index (χ0n) is 20.6. The maximum absolute atomic E-state index is 15.7. The summed E-state index contributed by atoms with van der Waals surface area (Å²) in [6.45, 7) is 2.15. The number of para-hydroxylation sites is 1. The number of aliphatic hydroxyl groups excluding tert-OH is 1. The fraction of sp³-hybridized carbons (Fsp3) is 0.481. The van der Waals surface area contributed by atoms with Gasteiger partial charge >= 0.3 is 0 Å². The molecule has 0 saturated carbocycles. The van der Waals surface area contributed by atoms with Crippen LogP contribution in [0.2, 0.25) is 0 Å². The molecule has 5 rings (SSSR count). The van der Waals surface area contributed by atoms with E-state index >= 15 is 8.78 Å². The van der Waals surface area contributed by atoms with Gasteiger partial charge in [0.05, 0.1) is 31.9 Å². The Labute approximate surface area is 218 Å². The molecule has 200 valence electrons. The van der Waals surface area contributed by atoms with Gasteiger partial charge in [-0.25, -0.2) is 13.2 Å². The highest BCUT2D eigenvalue weighted by Gasteiger charge is 2.42. The summed E-state index contributed by atoms with van der Waals surface area (Å²) in [6.07, 6.45) is 0.993. The van der Waals surface area contributed by atoms with Crippen LogP contribution >= 0.6 is 11.6 Å². The number of fused-ring (bicyclic) bond motifs is 3. The van der Waals surface area contributed by atoms with Crippen LogP contribution in [0.3, 0.4) is 0 Å². The lowest BCUT2D eigenvalue weighted by molar-refractivity contribution is 0.0535. The monoisotopic (exact) mass is 538 g/mol. The van der Waals surface area contributed by atoms with Crippen molar-refractivity contribution in [3.05, 3.63) is 64.9 Å². The quantitative estimate of drug-likeness (QED) is 0.261. The fourth-order valence-electron chi connectivity index (χ4n) is 5.67. The van der Waals surface area contributed by atoms with Crippen molar-refractivity contribution in [1.29, 1.82) is 0 Å². The van der Waals surface area contributed by atoms with Crippen LogP contribution in [0.4, 0.5) is 23.2 Å². The number of aliphatic hydroxyl groups is 1. The number of nitrogens with zero attached hydrogens (tertiary/aromatic N) is 2.